The Morgan fingerprint density at radius 3 is 2.73 bits per heavy atom. The molecule has 2 aliphatic rings. The number of ether oxygens (including phenoxy) is 2. The molecule has 1 saturated carbocycles. The highest BCUT2D eigenvalue weighted by molar-refractivity contribution is 5.80. The van der Waals surface area contributed by atoms with E-state index in [2.05, 4.69) is 83.7 Å². The highest BCUT2D eigenvalue weighted by Crippen LogP contribution is 2.42. The smallest absolute Gasteiger partial charge is 0.306 e. The van der Waals surface area contributed by atoms with Crippen LogP contribution in [0.3, 0.4) is 0 Å². The van der Waals surface area contributed by atoms with Crippen molar-refractivity contribution in [3.63, 3.8) is 0 Å². The van der Waals surface area contributed by atoms with Crippen LogP contribution in [0.5, 0.6) is 5.75 Å². The zero-order chi connectivity index (χ0) is 27.9. The summed E-state index contributed by atoms with van der Waals surface area (Å²) in [6.45, 7) is 9.08. The van der Waals surface area contributed by atoms with Gasteiger partial charge in [0, 0.05) is 38.2 Å². The molecule has 6 rings (SSSR count). The third-order valence-electron chi connectivity index (χ3n) is 8.77. The summed E-state index contributed by atoms with van der Waals surface area (Å²) >= 11 is 0. The molecule has 1 aromatic heterocycles. The molecule has 1 spiro atoms. The molecule has 4 aromatic rings. The molecule has 208 valence electrons. The minimum absolute atomic E-state index is 0.0895. The van der Waals surface area contributed by atoms with Crippen molar-refractivity contribution in [2.45, 2.75) is 71.1 Å². The van der Waals surface area contributed by atoms with Crippen LogP contribution in [0, 0.1) is 13.8 Å². The van der Waals surface area contributed by atoms with Gasteiger partial charge < -0.3 is 9.47 Å². The molecule has 7 heteroatoms. The van der Waals surface area contributed by atoms with Crippen molar-refractivity contribution in [1.82, 2.24) is 19.9 Å². The third kappa shape index (κ3) is 4.99. The van der Waals surface area contributed by atoms with Crippen molar-refractivity contribution in [3.8, 4) is 5.75 Å². The fourth-order valence-electron chi connectivity index (χ4n) is 6.39. The van der Waals surface area contributed by atoms with Crippen LogP contribution in [-0.2, 0) is 29.7 Å². The van der Waals surface area contributed by atoms with Gasteiger partial charge in [-0.25, -0.2) is 4.68 Å². The fourth-order valence-corrected chi connectivity index (χ4v) is 6.39. The van der Waals surface area contributed by atoms with E-state index in [1.54, 1.807) is 4.68 Å². The first-order valence-electron chi connectivity index (χ1n) is 14.4. The van der Waals surface area contributed by atoms with E-state index in [4.69, 9.17) is 9.47 Å². The van der Waals surface area contributed by atoms with Crippen LogP contribution in [0.1, 0.15) is 71.9 Å². The number of carbonyl (C=O) groups is 1. The standard InChI is InChI=1S/C33H38N4O3/c1-5-39-31(38)18-28(27-13-14-29-32(23(27)3)34-35-36(29)4)24-12-11-22(2)26(17-24)20-37-19-25-9-6-7-10-30(25)40-33(21-37)15-8-16-33/h6-7,9-14,17,28H,5,8,15-16,18-21H2,1-4H3. The van der Waals surface area contributed by atoms with Crippen molar-refractivity contribution >= 4 is 17.0 Å². The first-order chi connectivity index (χ1) is 19.4. The van der Waals surface area contributed by atoms with E-state index in [1.165, 1.54) is 23.1 Å². The molecule has 1 aliphatic carbocycles. The van der Waals surface area contributed by atoms with E-state index in [-0.39, 0.29) is 23.9 Å². The summed E-state index contributed by atoms with van der Waals surface area (Å²) in [4.78, 5) is 15.4. The topological polar surface area (TPSA) is 69.5 Å². The van der Waals surface area contributed by atoms with Crippen molar-refractivity contribution < 1.29 is 14.3 Å². The lowest BCUT2D eigenvalue weighted by atomic mass is 9.79. The molecule has 0 radical (unpaired) electrons. The molecule has 1 aliphatic heterocycles. The molecule has 0 saturated heterocycles. The van der Waals surface area contributed by atoms with Crippen molar-refractivity contribution in [2.24, 2.45) is 7.05 Å². The Balaban J connectivity index is 1.35. The summed E-state index contributed by atoms with van der Waals surface area (Å²) in [7, 11) is 1.90. The first-order valence-corrected chi connectivity index (χ1v) is 14.4. The molecule has 7 nitrogen and oxygen atoms in total. The lowest BCUT2D eigenvalue weighted by Gasteiger charge is -2.43. The molecule has 3 aromatic carbocycles. The van der Waals surface area contributed by atoms with Gasteiger partial charge in [0.05, 0.1) is 18.5 Å². The molecular formula is C33H38N4O3. The number of hydrogen-bond donors (Lipinski definition) is 0. The monoisotopic (exact) mass is 538 g/mol. The summed E-state index contributed by atoms with van der Waals surface area (Å²) in [5.41, 5.74) is 8.78. The largest absolute Gasteiger partial charge is 0.486 e. The molecular weight excluding hydrogens is 500 g/mol. The highest BCUT2D eigenvalue weighted by Gasteiger charge is 2.43. The van der Waals surface area contributed by atoms with Crippen LogP contribution >= 0.6 is 0 Å². The number of aryl methyl sites for hydroxylation is 3. The van der Waals surface area contributed by atoms with E-state index < -0.39 is 0 Å². The SMILES string of the molecule is CCOC(=O)CC(c1ccc(C)c(CN2Cc3ccccc3OC3(CCC3)C2)c1)c1ccc2c(nnn2C)c1C. The number of esters is 1. The molecule has 0 N–H and O–H groups in total. The van der Waals surface area contributed by atoms with Gasteiger partial charge in [-0.2, -0.15) is 0 Å². The second-order valence-electron chi connectivity index (χ2n) is 11.5. The van der Waals surface area contributed by atoms with Gasteiger partial charge in [-0.3, -0.25) is 9.69 Å². The molecule has 1 atom stereocenters. The van der Waals surface area contributed by atoms with E-state index in [0.29, 0.717) is 6.61 Å². The summed E-state index contributed by atoms with van der Waals surface area (Å²) in [5.74, 6) is 0.692. The summed E-state index contributed by atoms with van der Waals surface area (Å²) in [5, 5.41) is 8.63. The van der Waals surface area contributed by atoms with E-state index >= 15 is 0 Å². The minimum atomic E-state index is -0.193. The molecule has 2 heterocycles. The summed E-state index contributed by atoms with van der Waals surface area (Å²) < 4.78 is 13.8. The first kappa shape index (κ1) is 26.5. The number of aromatic nitrogens is 3. The third-order valence-corrected chi connectivity index (χ3v) is 8.77. The van der Waals surface area contributed by atoms with Crippen molar-refractivity contribution in [1.29, 1.82) is 0 Å². The Hall–Kier alpha value is -3.71. The van der Waals surface area contributed by atoms with Crippen LogP contribution in [0.2, 0.25) is 0 Å². The van der Waals surface area contributed by atoms with Crippen molar-refractivity contribution in [2.75, 3.05) is 13.2 Å². The van der Waals surface area contributed by atoms with Crippen LogP contribution < -0.4 is 4.74 Å². The summed E-state index contributed by atoms with van der Waals surface area (Å²) in [6, 6.07) is 19.3. The maximum Gasteiger partial charge on any atom is 0.306 e. The van der Waals surface area contributed by atoms with Crippen molar-refractivity contribution in [3.05, 3.63) is 88.0 Å². The van der Waals surface area contributed by atoms with Gasteiger partial charge in [-0.15, -0.1) is 5.10 Å². The predicted octanol–water partition coefficient (Wildman–Crippen LogP) is 5.99. The van der Waals surface area contributed by atoms with Gasteiger partial charge in [0.2, 0.25) is 0 Å². The minimum Gasteiger partial charge on any atom is -0.486 e. The number of rotatable bonds is 7. The van der Waals surface area contributed by atoms with Gasteiger partial charge >= 0.3 is 5.97 Å². The van der Waals surface area contributed by atoms with Crippen LogP contribution in [0.15, 0.2) is 54.6 Å². The zero-order valence-electron chi connectivity index (χ0n) is 23.9. The highest BCUT2D eigenvalue weighted by atomic mass is 16.5. The van der Waals surface area contributed by atoms with E-state index in [9.17, 15) is 4.79 Å². The number of nitrogens with zero attached hydrogens (tertiary/aromatic N) is 4. The number of para-hydroxylation sites is 1. The lowest BCUT2D eigenvalue weighted by Crippen LogP contribution is -2.50. The van der Waals surface area contributed by atoms with Gasteiger partial charge in [-0.05, 0) is 80.0 Å². The molecule has 1 fully saturated rings. The second kappa shape index (κ2) is 10.7. The Morgan fingerprint density at radius 1 is 1.12 bits per heavy atom. The fraction of sp³-hybridized carbons (Fsp3) is 0.424. The quantitative estimate of drug-likeness (QED) is 0.269. The Bertz CT molecular complexity index is 1550. The number of carbonyl (C=O) groups excluding carboxylic acids is 1. The summed E-state index contributed by atoms with van der Waals surface area (Å²) in [6.07, 6.45) is 3.69. The van der Waals surface area contributed by atoms with E-state index in [0.717, 1.165) is 65.9 Å². The van der Waals surface area contributed by atoms with Gasteiger partial charge in [-0.1, -0.05) is 47.7 Å². The number of benzene rings is 3. The van der Waals surface area contributed by atoms with Gasteiger partial charge in [0.1, 0.15) is 16.9 Å². The van der Waals surface area contributed by atoms with Crippen LogP contribution in [-0.4, -0.2) is 44.6 Å². The van der Waals surface area contributed by atoms with E-state index in [1.807, 2.05) is 14.0 Å². The maximum atomic E-state index is 12.8. The molecule has 1 unspecified atom stereocenters. The number of fused-ring (bicyclic) bond motifs is 2. The van der Waals surface area contributed by atoms with Gasteiger partial charge in [0.15, 0.2) is 0 Å². The van der Waals surface area contributed by atoms with Crippen LogP contribution in [0.4, 0.5) is 0 Å². The Morgan fingerprint density at radius 2 is 1.95 bits per heavy atom. The molecule has 0 amide bonds. The van der Waals surface area contributed by atoms with Crippen LogP contribution in [0.25, 0.3) is 11.0 Å². The Labute approximate surface area is 236 Å². The molecule has 0 bridgehead atoms. The number of hydrogen-bond acceptors (Lipinski definition) is 6. The second-order valence-corrected chi connectivity index (χ2v) is 11.5. The van der Waals surface area contributed by atoms with Gasteiger partial charge in [0.25, 0.3) is 0 Å². The lowest BCUT2D eigenvalue weighted by molar-refractivity contribution is -0.143. The average Bonchev–Trinajstić information content (AvgIpc) is 3.20. The predicted molar refractivity (Wildman–Crippen MR) is 155 cm³/mol. The maximum absolute atomic E-state index is 12.8. The Kier molecular flexibility index (Phi) is 7.09. The average molecular weight is 539 g/mol. The zero-order valence-corrected chi connectivity index (χ0v) is 23.9. The normalized spacial score (nSPS) is 17.1. The molecule has 40 heavy (non-hydrogen) atoms.